The molecule has 0 bridgehead atoms. The highest BCUT2D eigenvalue weighted by atomic mass is 32.2. The topological polar surface area (TPSA) is 157 Å². The Morgan fingerprint density at radius 3 is 2.31 bits per heavy atom. The van der Waals surface area contributed by atoms with E-state index in [1.54, 1.807) is 22.9 Å². The Morgan fingerprint density at radius 2 is 1.72 bits per heavy atom. The number of carbonyl (C=O) groups is 2. The number of rotatable bonds is 6. The van der Waals surface area contributed by atoms with Gasteiger partial charge in [0.2, 0.25) is 17.7 Å². The molecule has 0 unspecified atom stereocenters. The SMILES string of the molecule is COc1cc(OC)nc(NC(=O)NS(=O)(=O)c2c(C(=O)O)sc3ccccc23)n1. The number of hydrogen-bond acceptors (Lipinski definition) is 9. The summed E-state index contributed by atoms with van der Waals surface area (Å²) in [7, 11) is -1.84. The summed E-state index contributed by atoms with van der Waals surface area (Å²) >= 11 is 0.792. The number of carboxylic acids is 1. The van der Waals surface area contributed by atoms with Gasteiger partial charge in [0.1, 0.15) is 9.77 Å². The number of nitrogens with one attached hydrogen (secondary N) is 2. The maximum absolute atomic E-state index is 12.8. The first-order chi connectivity index (χ1) is 13.7. The van der Waals surface area contributed by atoms with Crippen molar-refractivity contribution in [3.63, 3.8) is 0 Å². The lowest BCUT2D eigenvalue weighted by atomic mass is 10.2. The van der Waals surface area contributed by atoms with E-state index in [1.165, 1.54) is 26.4 Å². The van der Waals surface area contributed by atoms with E-state index in [0.717, 1.165) is 11.3 Å². The Bertz CT molecular complexity index is 1180. The van der Waals surface area contributed by atoms with Gasteiger partial charge in [0.25, 0.3) is 10.0 Å². The zero-order valence-corrected chi connectivity index (χ0v) is 16.6. The van der Waals surface area contributed by atoms with Crippen LogP contribution in [0, 0.1) is 0 Å². The van der Waals surface area contributed by atoms with Crippen LogP contribution in [-0.4, -0.2) is 49.7 Å². The fraction of sp³-hybridized carbons (Fsp3) is 0.125. The summed E-state index contributed by atoms with van der Waals surface area (Å²) in [6.07, 6.45) is 0. The van der Waals surface area contributed by atoms with Gasteiger partial charge in [-0.15, -0.1) is 11.3 Å². The number of anilines is 1. The van der Waals surface area contributed by atoms with Gasteiger partial charge in [-0.2, -0.15) is 9.97 Å². The summed E-state index contributed by atoms with van der Waals surface area (Å²) in [5, 5.41) is 11.7. The smallest absolute Gasteiger partial charge is 0.347 e. The van der Waals surface area contributed by atoms with Crippen molar-refractivity contribution >= 4 is 49.4 Å². The minimum Gasteiger partial charge on any atom is -0.481 e. The van der Waals surface area contributed by atoms with Gasteiger partial charge in [0.15, 0.2) is 0 Å². The zero-order chi connectivity index (χ0) is 21.2. The molecule has 0 radical (unpaired) electrons. The minimum atomic E-state index is -4.52. The van der Waals surface area contributed by atoms with Crippen LogP contribution >= 0.6 is 11.3 Å². The predicted octanol–water partition coefficient (Wildman–Crippen LogP) is 1.92. The molecule has 3 aromatic rings. The van der Waals surface area contributed by atoms with Gasteiger partial charge in [-0.05, 0) is 6.07 Å². The third kappa shape index (κ3) is 4.20. The molecule has 0 saturated heterocycles. The predicted molar refractivity (Wildman–Crippen MR) is 103 cm³/mol. The van der Waals surface area contributed by atoms with Crippen molar-refractivity contribution in [1.82, 2.24) is 14.7 Å². The maximum atomic E-state index is 12.8. The number of ether oxygens (including phenoxy) is 2. The number of aromatic carboxylic acids is 1. The fourth-order valence-electron chi connectivity index (χ4n) is 2.40. The molecule has 2 aromatic heterocycles. The largest absolute Gasteiger partial charge is 0.481 e. The highest BCUT2D eigenvalue weighted by Crippen LogP contribution is 2.34. The molecule has 29 heavy (non-hydrogen) atoms. The average molecular weight is 438 g/mol. The molecule has 0 saturated carbocycles. The van der Waals surface area contributed by atoms with Crippen molar-refractivity contribution < 1.29 is 32.6 Å². The van der Waals surface area contributed by atoms with Crippen LogP contribution in [0.3, 0.4) is 0 Å². The molecule has 0 aliphatic carbocycles. The summed E-state index contributed by atoms with van der Waals surface area (Å²) in [6, 6.07) is 6.43. The lowest BCUT2D eigenvalue weighted by molar-refractivity contribution is 0.0698. The highest BCUT2D eigenvalue weighted by Gasteiger charge is 2.30. The van der Waals surface area contributed by atoms with E-state index in [2.05, 4.69) is 15.3 Å². The fourth-order valence-corrected chi connectivity index (χ4v) is 5.05. The van der Waals surface area contributed by atoms with E-state index in [4.69, 9.17) is 9.47 Å². The zero-order valence-electron chi connectivity index (χ0n) is 15.0. The quantitative estimate of drug-likeness (QED) is 0.523. The van der Waals surface area contributed by atoms with Gasteiger partial charge in [-0.25, -0.2) is 22.7 Å². The standard InChI is InChI=1S/C16H14N4O7S2/c1-26-10-7-11(27-2)18-15(17-10)19-16(23)20-29(24,25)13-8-5-3-4-6-9(8)28-12(13)14(21)22/h3-7H,1-2H3,(H,21,22)(H2,17,18,19,20,23). The van der Waals surface area contributed by atoms with Crippen LogP contribution in [0.4, 0.5) is 10.7 Å². The Hall–Kier alpha value is -3.45. The van der Waals surface area contributed by atoms with Crippen LogP contribution in [0.1, 0.15) is 9.67 Å². The molecule has 3 N–H and O–H groups in total. The van der Waals surface area contributed by atoms with Crippen molar-refractivity contribution in [2.45, 2.75) is 4.90 Å². The first-order valence-electron chi connectivity index (χ1n) is 7.81. The molecule has 11 nitrogen and oxygen atoms in total. The number of methoxy groups -OCH3 is 2. The first kappa shape index (κ1) is 20.3. The molecule has 2 heterocycles. The van der Waals surface area contributed by atoms with Gasteiger partial charge >= 0.3 is 12.0 Å². The van der Waals surface area contributed by atoms with E-state index in [0.29, 0.717) is 4.70 Å². The summed E-state index contributed by atoms with van der Waals surface area (Å²) < 4.78 is 37.6. The van der Waals surface area contributed by atoms with Gasteiger partial charge < -0.3 is 14.6 Å². The summed E-state index contributed by atoms with van der Waals surface area (Å²) in [5.41, 5.74) is 0. The van der Waals surface area contributed by atoms with E-state index < -0.39 is 31.8 Å². The Morgan fingerprint density at radius 1 is 1.10 bits per heavy atom. The molecule has 13 heteroatoms. The van der Waals surface area contributed by atoms with Gasteiger partial charge in [-0.1, -0.05) is 18.2 Å². The summed E-state index contributed by atoms with van der Waals surface area (Å²) in [6.45, 7) is 0. The number of urea groups is 1. The van der Waals surface area contributed by atoms with Crippen molar-refractivity contribution in [3.8, 4) is 11.8 Å². The molecule has 0 atom stereocenters. The molecule has 0 spiro atoms. The van der Waals surface area contributed by atoms with E-state index >= 15 is 0 Å². The Kier molecular flexibility index (Phi) is 5.52. The Balaban J connectivity index is 1.92. The molecular weight excluding hydrogens is 424 g/mol. The van der Waals surface area contributed by atoms with Crippen LogP contribution in [0.5, 0.6) is 11.8 Å². The third-order valence-corrected chi connectivity index (χ3v) is 6.27. The number of aromatic nitrogens is 2. The lowest BCUT2D eigenvalue weighted by Gasteiger charge is -2.10. The van der Waals surface area contributed by atoms with E-state index in [1.807, 2.05) is 0 Å². The molecule has 0 fully saturated rings. The average Bonchev–Trinajstić information content (AvgIpc) is 3.08. The minimum absolute atomic E-state index is 0.0759. The number of sulfonamides is 1. The number of amides is 2. The number of carbonyl (C=O) groups excluding carboxylic acids is 1. The number of nitrogens with zero attached hydrogens (tertiary/aromatic N) is 2. The molecule has 0 aliphatic rings. The van der Waals surface area contributed by atoms with Crippen molar-refractivity contribution in [2.24, 2.45) is 0 Å². The molecule has 152 valence electrons. The number of hydrogen-bond donors (Lipinski definition) is 3. The summed E-state index contributed by atoms with van der Waals surface area (Å²) in [5.74, 6) is -1.55. The van der Waals surface area contributed by atoms with Crippen molar-refractivity contribution in [3.05, 3.63) is 35.2 Å². The van der Waals surface area contributed by atoms with Gasteiger partial charge in [0.05, 0.1) is 20.3 Å². The summed E-state index contributed by atoms with van der Waals surface area (Å²) in [4.78, 5) is 30.6. The number of fused-ring (bicyclic) bond motifs is 1. The third-order valence-electron chi connectivity index (χ3n) is 3.56. The van der Waals surface area contributed by atoms with E-state index in [9.17, 15) is 23.1 Å². The Labute approximate surface area is 168 Å². The lowest BCUT2D eigenvalue weighted by Crippen LogP contribution is -2.35. The van der Waals surface area contributed by atoms with Crippen molar-refractivity contribution in [2.75, 3.05) is 19.5 Å². The second-order valence-electron chi connectivity index (χ2n) is 5.40. The van der Waals surface area contributed by atoms with Crippen LogP contribution in [0.15, 0.2) is 35.2 Å². The van der Waals surface area contributed by atoms with Crippen molar-refractivity contribution in [1.29, 1.82) is 0 Å². The van der Waals surface area contributed by atoms with Gasteiger partial charge in [-0.3, -0.25) is 5.32 Å². The highest BCUT2D eigenvalue weighted by molar-refractivity contribution is 7.90. The number of thiophene rings is 1. The molecule has 1 aromatic carbocycles. The molecular formula is C16H14N4O7S2. The van der Waals surface area contributed by atoms with Crippen LogP contribution < -0.4 is 19.5 Å². The van der Waals surface area contributed by atoms with Gasteiger partial charge in [0, 0.05) is 10.1 Å². The van der Waals surface area contributed by atoms with E-state index in [-0.39, 0.29) is 23.1 Å². The first-order valence-corrected chi connectivity index (χ1v) is 10.1. The normalized spacial score (nSPS) is 11.1. The molecule has 2 amide bonds. The number of carboxylic acid groups (broad SMARTS) is 1. The second kappa shape index (κ2) is 7.89. The van der Waals surface area contributed by atoms with Crippen LogP contribution in [0.2, 0.25) is 0 Å². The molecule has 3 rings (SSSR count). The molecule has 0 aliphatic heterocycles. The maximum Gasteiger partial charge on any atom is 0.347 e. The van der Waals surface area contributed by atoms with Crippen LogP contribution in [-0.2, 0) is 10.0 Å². The van der Waals surface area contributed by atoms with Crippen LogP contribution in [0.25, 0.3) is 10.1 Å². The number of benzene rings is 1. The monoisotopic (exact) mass is 438 g/mol. The second-order valence-corrected chi connectivity index (χ2v) is 8.07.